The van der Waals surface area contributed by atoms with Gasteiger partial charge in [-0.05, 0) is 6.07 Å². The summed E-state index contributed by atoms with van der Waals surface area (Å²) in [7, 11) is 0. The smallest absolute Gasteiger partial charge is 0.325 e. The van der Waals surface area contributed by atoms with Crippen LogP contribution in [-0.2, 0) is 9.59 Å². The number of aliphatic carboxylic acids is 1. The highest BCUT2D eigenvalue weighted by Gasteiger charge is 2.26. The minimum absolute atomic E-state index is 0.00560. The number of hydrogen-bond donors (Lipinski definition) is 3. The van der Waals surface area contributed by atoms with Crippen molar-refractivity contribution in [1.29, 1.82) is 0 Å². The summed E-state index contributed by atoms with van der Waals surface area (Å²) >= 11 is 0. The van der Waals surface area contributed by atoms with Crippen molar-refractivity contribution in [2.75, 3.05) is 11.9 Å². The van der Waals surface area contributed by atoms with Gasteiger partial charge in [0.05, 0.1) is 6.54 Å². The number of amides is 1. The van der Waals surface area contributed by atoms with E-state index in [9.17, 15) is 9.59 Å². The fourth-order valence-electron chi connectivity index (χ4n) is 1.58. The Bertz CT molecular complexity index is 417. The Morgan fingerprint density at radius 3 is 2.87 bits per heavy atom. The van der Waals surface area contributed by atoms with Gasteiger partial charge < -0.3 is 10.4 Å². The molecule has 1 unspecified atom stereocenters. The van der Waals surface area contributed by atoms with Crippen LogP contribution in [0.25, 0.3) is 0 Å². The Morgan fingerprint density at radius 2 is 2.13 bits per heavy atom. The third kappa shape index (κ3) is 1.82. The zero-order valence-corrected chi connectivity index (χ0v) is 7.86. The summed E-state index contributed by atoms with van der Waals surface area (Å²) in [6.07, 6.45) is 0. The first-order valence-electron chi connectivity index (χ1n) is 4.53. The highest BCUT2D eigenvalue weighted by Crippen LogP contribution is 2.24. The van der Waals surface area contributed by atoms with Gasteiger partial charge in [-0.2, -0.15) is 0 Å². The maximum Gasteiger partial charge on any atom is 0.325 e. The number of nitrogens with one attached hydrogen (secondary N) is 2. The summed E-state index contributed by atoms with van der Waals surface area (Å²) in [5.41, 5.74) is 1.13. The van der Waals surface area contributed by atoms with E-state index in [0.29, 0.717) is 11.3 Å². The lowest BCUT2D eigenvalue weighted by atomic mass is 10.1. The van der Waals surface area contributed by atoms with Crippen molar-refractivity contribution in [1.82, 2.24) is 5.32 Å². The van der Waals surface area contributed by atoms with Crippen molar-refractivity contribution >= 4 is 17.6 Å². The molecule has 78 valence electrons. The first kappa shape index (κ1) is 9.67. The molecular weight excluding hydrogens is 196 g/mol. The molecule has 5 heteroatoms. The molecule has 1 atom stereocenters. The number of fused-ring (bicyclic) bond motifs is 1. The van der Waals surface area contributed by atoms with E-state index in [-0.39, 0.29) is 12.5 Å². The van der Waals surface area contributed by atoms with Gasteiger partial charge in [0.25, 0.3) is 0 Å². The molecule has 1 aliphatic heterocycles. The monoisotopic (exact) mass is 206 g/mol. The zero-order chi connectivity index (χ0) is 10.8. The number of carboxylic acid groups (broad SMARTS) is 1. The predicted octanol–water partition coefficient (Wildman–Crippen LogP) is 0.354. The number of benzene rings is 1. The van der Waals surface area contributed by atoms with Crippen molar-refractivity contribution in [2.45, 2.75) is 6.04 Å². The maximum atomic E-state index is 11.2. The van der Waals surface area contributed by atoms with Gasteiger partial charge in [-0.15, -0.1) is 0 Å². The summed E-state index contributed by atoms with van der Waals surface area (Å²) in [5.74, 6) is -1.22. The number of hydrogen-bond acceptors (Lipinski definition) is 3. The van der Waals surface area contributed by atoms with Crippen LogP contribution in [0.4, 0.5) is 5.69 Å². The molecule has 0 fully saturated rings. The van der Waals surface area contributed by atoms with Crippen LogP contribution in [0.1, 0.15) is 11.6 Å². The minimum Gasteiger partial charge on any atom is -0.480 e. The maximum absolute atomic E-state index is 11.2. The second kappa shape index (κ2) is 3.70. The molecule has 0 spiro atoms. The molecule has 1 aromatic rings. The lowest BCUT2D eigenvalue weighted by Gasteiger charge is -2.12. The van der Waals surface area contributed by atoms with E-state index in [1.165, 1.54) is 0 Å². The molecule has 0 saturated carbocycles. The first-order chi connectivity index (χ1) is 7.18. The molecule has 3 N–H and O–H groups in total. The third-order valence-corrected chi connectivity index (χ3v) is 2.26. The van der Waals surface area contributed by atoms with Gasteiger partial charge in [-0.25, -0.2) is 0 Å². The molecule has 1 amide bonds. The van der Waals surface area contributed by atoms with E-state index in [4.69, 9.17) is 5.11 Å². The van der Waals surface area contributed by atoms with Gasteiger partial charge >= 0.3 is 5.97 Å². The van der Waals surface area contributed by atoms with Gasteiger partial charge in [-0.1, -0.05) is 18.2 Å². The number of rotatable bonds is 1. The summed E-state index contributed by atoms with van der Waals surface area (Å²) in [5, 5.41) is 14.3. The fourth-order valence-corrected chi connectivity index (χ4v) is 1.58. The van der Waals surface area contributed by atoms with E-state index in [0.717, 1.165) is 0 Å². The second-order valence-electron chi connectivity index (χ2n) is 3.29. The quantitative estimate of drug-likeness (QED) is 0.619. The van der Waals surface area contributed by atoms with Gasteiger partial charge in [0.15, 0.2) is 0 Å². The first-order valence-corrected chi connectivity index (χ1v) is 4.53. The molecule has 0 bridgehead atoms. The predicted molar refractivity (Wildman–Crippen MR) is 53.5 cm³/mol. The van der Waals surface area contributed by atoms with Crippen molar-refractivity contribution in [3.63, 3.8) is 0 Å². The Balaban J connectivity index is 2.46. The van der Waals surface area contributed by atoms with Crippen LogP contribution in [0.15, 0.2) is 24.3 Å². The van der Waals surface area contributed by atoms with Crippen LogP contribution >= 0.6 is 0 Å². The van der Waals surface area contributed by atoms with E-state index in [1.807, 2.05) is 0 Å². The highest BCUT2D eigenvalue weighted by molar-refractivity contribution is 5.95. The molecule has 15 heavy (non-hydrogen) atoms. The van der Waals surface area contributed by atoms with Crippen LogP contribution in [0.3, 0.4) is 0 Å². The van der Waals surface area contributed by atoms with Crippen molar-refractivity contribution < 1.29 is 14.7 Å². The molecule has 0 aliphatic carbocycles. The molecule has 1 heterocycles. The van der Waals surface area contributed by atoms with Crippen LogP contribution < -0.4 is 10.6 Å². The number of anilines is 1. The average Bonchev–Trinajstić information content (AvgIpc) is 2.35. The minimum atomic E-state index is -0.987. The molecule has 2 rings (SSSR count). The number of carbonyl (C=O) groups excluding carboxylic acids is 1. The average molecular weight is 206 g/mol. The Kier molecular flexibility index (Phi) is 2.39. The lowest BCUT2D eigenvalue weighted by Crippen LogP contribution is -2.31. The molecule has 0 saturated heterocycles. The fraction of sp³-hybridized carbons (Fsp3) is 0.200. The van der Waals surface area contributed by atoms with Crippen molar-refractivity contribution in [2.24, 2.45) is 0 Å². The SMILES string of the molecule is O=C1CNC(C(=O)O)c2ccccc2N1. The molecule has 5 nitrogen and oxygen atoms in total. The summed E-state index contributed by atoms with van der Waals surface area (Å²) in [6.45, 7) is 0.00560. The Labute approximate surface area is 86.1 Å². The topological polar surface area (TPSA) is 78.4 Å². The molecule has 0 radical (unpaired) electrons. The Morgan fingerprint density at radius 1 is 1.40 bits per heavy atom. The van der Waals surface area contributed by atoms with Crippen LogP contribution in [0.2, 0.25) is 0 Å². The third-order valence-electron chi connectivity index (χ3n) is 2.26. The van der Waals surface area contributed by atoms with Crippen LogP contribution in [0, 0.1) is 0 Å². The number of carbonyl (C=O) groups is 2. The van der Waals surface area contributed by atoms with E-state index >= 15 is 0 Å². The number of para-hydroxylation sites is 1. The normalized spacial score (nSPS) is 20.0. The van der Waals surface area contributed by atoms with Gasteiger partial charge in [0.1, 0.15) is 6.04 Å². The van der Waals surface area contributed by atoms with Crippen molar-refractivity contribution in [3.05, 3.63) is 29.8 Å². The second-order valence-corrected chi connectivity index (χ2v) is 3.29. The van der Waals surface area contributed by atoms with Gasteiger partial charge in [0, 0.05) is 11.3 Å². The van der Waals surface area contributed by atoms with E-state index in [1.54, 1.807) is 24.3 Å². The summed E-state index contributed by atoms with van der Waals surface area (Å²) in [4.78, 5) is 22.2. The van der Waals surface area contributed by atoms with Crippen LogP contribution in [-0.4, -0.2) is 23.5 Å². The largest absolute Gasteiger partial charge is 0.480 e. The summed E-state index contributed by atoms with van der Waals surface area (Å²) < 4.78 is 0. The van der Waals surface area contributed by atoms with Crippen LogP contribution in [0.5, 0.6) is 0 Å². The van der Waals surface area contributed by atoms with Gasteiger partial charge in [0.2, 0.25) is 5.91 Å². The molecule has 1 aromatic carbocycles. The number of carboxylic acids is 1. The standard InChI is InChI=1S/C10H10N2O3/c13-8-5-11-9(10(14)15)6-3-1-2-4-7(6)12-8/h1-4,9,11H,5H2,(H,12,13)(H,14,15). The van der Waals surface area contributed by atoms with Gasteiger partial charge in [-0.3, -0.25) is 14.9 Å². The molecule has 1 aliphatic rings. The van der Waals surface area contributed by atoms with E-state index < -0.39 is 12.0 Å². The summed E-state index contributed by atoms with van der Waals surface area (Å²) in [6, 6.07) is 6.04. The lowest BCUT2D eigenvalue weighted by molar-refractivity contribution is -0.139. The molecular formula is C10H10N2O3. The molecule has 0 aromatic heterocycles. The van der Waals surface area contributed by atoms with E-state index in [2.05, 4.69) is 10.6 Å². The Hall–Kier alpha value is -1.88. The van der Waals surface area contributed by atoms with Crippen molar-refractivity contribution in [3.8, 4) is 0 Å². The highest BCUT2D eigenvalue weighted by atomic mass is 16.4. The zero-order valence-electron chi connectivity index (χ0n) is 7.86.